The zero-order valence-corrected chi connectivity index (χ0v) is 11.9. The lowest BCUT2D eigenvalue weighted by atomic mass is 9.79. The largest absolute Gasteiger partial charge is 0.416 e. The van der Waals surface area contributed by atoms with Crippen LogP contribution in [-0.4, -0.2) is 9.97 Å². The molecule has 0 atom stereocenters. The molecule has 0 saturated carbocycles. The van der Waals surface area contributed by atoms with Gasteiger partial charge in [0.05, 0.1) is 23.1 Å². The maximum Gasteiger partial charge on any atom is 0.416 e. The third-order valence-corrected chi connectivity index (χ3v) is 3.42. The molecule has 0 spiro atoms. The molecule has 0 unspecified atom stereocenters. The Hall–Kier alpha value is -2.05. The lowest BCUT2D eigenvalue weighted by Gasteiger charge is -2.28. The summed E-state index contributed by atoms with van der Waals surface area (Å²) >= 11 is 0. The van der Waals surface area contributed by atoms with E-state index in [9.17, 15) is 22.0 Å². The van der Waals surface area contributed by atoms with Gasteiger partial charge in [-0.15, -0.1) is 0 Å². The average molecular weight is 316 g/mol. The summed E-state index contributed by atoms with van der Waals surface area (Å²) in [4.78, 5) is 7.79. The molecule has 2 rings (SSSR count). The van der Waals surface area contributed by atoms with Crippen molar-refractivity contribution in [2.45, 2.75) is 32.1 Å². The zero-order chi connectivity index (χ0) is 16.5. The van der Waals surface area contributed by atoms with Gasteiger partial charge >= 0.3 is 6.18 Å². The minimum Gasteiger partial charge on any atom is -0.261 e. The van der Waals surface area contributed by atoms with Gasteiger partial charge in [-0.2, -0.15) is 13.2 Å². The van der Waals surface area contributed by atoms with Crippen LogP contribution in [0.5, 0.6) is 0 Å². The Morgan fingerprint density at radius 1 is 1.05 bits per heavy atom. The molecule has 0 aliphatic carbocycles. The van der Waals surface area contributed by atoms with Crippen LogP contribution in [0.1, 0.15) is 36.4 Å². The fourth-order valence-corrected chi connectivity index (χ4v) is 2.21. The highest BCUT2D eigenvalue weighted by Crippen LogP contribution is 2.40. The Balaban J connectivity index is 2.63. The number of alkyl halides is 4. The van der Waals surface area contributed by atoms with Gasteiger partial charge in [0.25, 0.3) is 0 Å². The molecule has 22 heavy (non-hydrogen) atoms. The zero-order valence-electron chi connectivity index (χ0n) is 11.9. The van der Waals surface area contributed by atoms with Crippen molar-refractivity contribution < 1.29 is 22.0 Å². The van der Waals surface area contributed by atoms with Crippen molar-refractivity contribution >= 4 is 0 Å². The number of hydrogen-bond acceptors (Lipinski definition) is 2. The van der Waals surface area contributed by atoms with Gasteiger partial charge in [0.15, 0.2) is 0 Å². The molecule has 0 N–H and O–H groups in total. The van der Waals surface area contributed by atoms with Crippen LogP contribution in [0.3, 0.4) is 0 Å². The standard InChI is InChI=1S/C15H13F5N2/c1-14(2,13-8-21-7-10(6-16)22-13)11-4-3-9(17)5-12(11)15(18,19)20/h3-5,7-8H,6H2,1-2H3. The van der Waals surface area contributed by atoms with Crippen molar-refractivity contribution in [1.82, 2.24) is 9.97 Å². The third kappa shape index (κ3) is 3.08. The van der Waals surface area contributed by atoms with Crippen LogP contribution in [0, 0.1) is 5.82 Å². The summed E-state index contributed by atoms with van der Waals surface area (Å²) in [5.41, 5.74) is -2.23. The van der Waals surface area contributed by atoms with Gasteiger partial charge in [-0.05, 0) is 17.7 Å². The Kier molecular flexibility index (Phi) is 4.17. The average Bonchev–Trinajstić information content (AvgIpc) is 2.46. The molecule has 0 fully saturated rings. The molecule has 0 saturated heterocycles. The van der Waals surface area contributed by atoms with Gasteiger partial charge in [0.1, 0.15) is 12.5 Å². The van der Waals surface area contributed by atoms with Crippen LogP contribution in [-0.2, 0) is 18.3 Å². The second-order valence-electron chi connectivity index (χ2n) is 5.34. The minimum absolute atomic E-state index is 0.0289. The van der Waals surface area contributed by atoms with E-state index >= 15 is 0 Å². The van der Waals surface area contributed by atoms with Crippen molar-refractivity contribution in [2.75, 3.05) is 0 Å². The normalized spacial score (nSPS) is 12.5. The fourth-order valence-electron chi connectivity index (χ4n) is 2.21. The number of nitrogens with zero attached hydrogens (tertiary/aromatic N) is 2. The first-order valence-corrected chi connectivity index (χ1v) is 6.41. The van der Waals surface area contributed by atoms with E-state index in [-0.39, 0.29) is 17.0 Å². The Morgan fingerprint density at radius 2 is 1.73 bits per heavy atom. The quantitative estimate of drug-likeness (QED) is 0.783. The Labute approximate surface area is 124 Å². The van der Waals surface area contributed by atoms with E-state index in [1.54, 1.807) is 0 Å². The number of hydrogen-bond donors (Lipinski definition) is 0. The highest BCUT2D eigenvalue weighted by atomic mass is 19.4. The van der Waals surface area contributed by atoms with Gasteiger partial charge in [-0.3, -0.25) is 9.97 Å². The smallest absolute Gasteiger partial charge is 0.261 e. The third-order valence-electron chi connectivity index (χ3n) is 3.42. The first-order chi connectivity index (χ1) is 10.2. The Bertz CT molecular complexity index is 680. The second kappa shape index (κ2) is 5.62. The fraction of sp³-hybridized carbons (Fsp3) is 0.333. The molecular weight excluding hydrogens is 303 g/mol. The molecule has 1 aromatic heterocycles. The highest BCUT2D eigenvalue weighted by molar-refractivity contribution is 5.41. The van der Waals surface area contributed by atoms with Gasteiger partial charge in [0.2, 0.25) is 0 Å². The van der Waals surface area contributed by atoms with Crippen molar-refractivity contribution in [1.29, 1.82) is 0 Å². The maximum atomic E-state index is 13.2. The lowest BCUT2D eigenvalue weighted by molar-refractivity contribution is -0.138. The molecule has 0 radical (unpaired) electrons. The molecule has 0 aliphatic heterocycles. The van der Waals surface area contributed by atoms with Crippen LogP contribution < -0.4 is 0 Å². The monoisotopic (exact) mass is 316 g/mol. The first-order valence-electron chi connectivity index (χ1n) is 6.41. The van der Waals surface area contributed by atoms with Crippen LogP contribution >= 0.6 is 0 Å². The van der Waals surface area contributed by atoms with Gasteiger partial charge in [-0.25, -0.2) is 8.78 Å². The first kappa shape index (κ1) is 16.3. The molecule has 0 aliphatic rings. The van der Waals surface area contributed by atoms with E-state index in [1.165, 1.54) is 26.2 Å². The predicted octanol–water partition coefficient (Wildman–Crippen LogP) is 4.43. The van der Waals surface area contributed by atoms with Crippen LogP contribution in [0.15, 0.2) is 30.6 Å². The van der Waals surface area contributed by atoms with E-state index in [1.807, 2.05) is 0 Å². The van der Waals surface area contributed by atoms with Gasteiger partial charge in [0, 0.05) is 11.6 Å². The maximum absolute atomic E-state index is 13.2. The number of halogens is 5. The molecule has 1 heterocycles. The summed E-state index contributed by atoms with van der Waals surface area (Å²) in [5, 5.41) is 0. The van der Waals surface area contributed by atoms with Crippen LogP contribution in [0.2, 0.25) is 0 Å². The van der Waals surface area contributed by atoms with Crippen LogP contribution in [0.4, 0.5) is 22.0 Å². The highest BCUT2D eigenvalue weighted by Gasteiger charge is 2.39. The summed E-state index contributed by atoms with van der Waals surface area (Å²) in [7, 11) is 0. The number of aromatic nitrogens is 2. The summed E-state index contributed by atoms with van der Waals surface area (Å²) < 4.78 is 65.4. The molecule has 0 bridgehead atoms. The molecule has 0 amide bonds. The summed E-state index contributed by atoms with van der Waals surface area (Å²) in [6.45, 7) is 2.13. The van der Waals surface area contributed by atoms with Gasteiger partial charge < -0.3 is 0 Å². The van der Waals surface area contributed by atoms with Crippen molar-refractivity contribution in [3.63, 3.8) is 0 Å². The van der Waals surface area contributed by atoms with Crippen LogP contribution in [0.25, 0.3) is 0 Å². The van der Waals surface area contributed by atoms with E-state index in [0.717, 1.165) is 12.1 Å². The summed E-state index contributed by atoms with van der Waals surface area (Å²) in [6.07, 6.45) is -2.22. The molecule has 2 nitrogen and oxygen atoms in total. The van der Waals surface area contributed by atoms with E-state index in [0.29, 0.717) is 6.07 Å². The molecular formula is C15H13F5N2. The summed E-state index contributed by atoms with van der Waals surface area (Å²) in [6, 6.07) is 2.48. The van der Waals surface area contributed by atoms with Gasteiger partial charge in [-0.1, -0.05) is 19.9 Å². The Morgan fingerprint density at radius 3 is 2.32 bits per heavy atom. The number of benzene rings is 1. The SMILES string of the molecule is CC(C)(c1cncc(CF)n1)c1ccc(F)cc1C(F)(F)F. The van der Waals surface area contributed by atoms with E-state index in [2.05, 4.69) is 9.97 Å². The minimum atomic E-state index is -4.71. The molecule has 1 aromatic carbocycles. The molecule has 118 valence electrons. The summed E-state index contributed by atoms with van der Waals surface area (Å²) in [5.74, 6) is -0.976. The van der Waals surface area contributed by atoms with Crippen molar-refractivity contribution in [3.8, 4) is 0 Å². The van der Waals surface area contributed by atoms with Crippen molar-refractivity contribution in [2.24, 2.45) is 0 Å². The molecule has 7 heteroatoms. The predicted molar refractivity (Wildman–Crippen MR) is 70.4 cm³/mol. The van der Waals surface area contributed by atoms with E-state index in [4.69, 9.17) is 0 Å². The molecule has 2 aromatic rings. The number of rotatable bonds is 3. The van der Waals surface area contributed by atoms with E-state index < -0.39 is 29.6 Å². The topological polar surface area (TPSA) is 25.8 Å². The van der Waals surface area contributed by atoms with Crippen molar-refractivity contribution in [3.05, 3.63) is 58.9 Å². The second-order valence-corrected chi connectivity index (χ2v) is 5.34. The lowest BCUT2D eigenvalue weighted by Crippen LogP contribution is -2.26.